The van der Waals surface area contributed by atoms with Crippen LogP contribution in [0.3, 0.4) is 0 Å². The molecule has 0 aliphatic carbocycles. The number of nitrogens with zero attached hydrogens (tertiary/aromatic N) is 2. The number of fused-ring (bicyclic) bond motifs is 2. The minimum atomic E-state index is -0.0426. The van der Waals surface area contributed by atoms with Crippen molar-refractivity contribution in [3.05, 3.63) is 75.3 Å². The van der Waals surface area contributed by atoms with Gasteiger partial charge in [0.25, 0.3) is 5.56 Å². The highest BCUT2D eigenvalue weighted by atomic mass is 35.5. The maximum atomic E-state index is 12.7. The molecule has 4 rings (SSSR count). The summed E-state index contributed by atoms with van der Waals surface area (Å²) in [5.41, 5.74) is 1.46. The van der Waals surface area contributed by atoms with Crippen molar-refractivity contribution in [1.82, 2.24) is 9.55 Å². The van der Waals surface area contributed by atoms with Gasteiger partial charge in [0.05, 0.1) is 17.4 Å². The minimum Gasteiger partial charge on any atom is -0.488 e. The summed E-state index contributed by atoms with van der Waals surface area (Å²) in [4.78, 5) is 17.3. The lowest BCUT2D eigenvalue weighted by atomic mass is 10.1. The van der Waals surface area contributed by atoms with E-state index in [-0.39, 0.29) is 5.56 Å². The molecule has 0 spiro atoms. The molecule has 0 radical (unpaired) electrons. The monoisotopic (exact) mass is 324 g/mol. The summed E-state index contributed by atoms with van der Waals surface area (Å²) in [5.74, 6) is 1.10. The molecule has 23 heavy (non-hydrogen) atoms. The molecule has 3 aromatic rings. The van der Waals surface area contributed by atoms with Crippen LogP contribution in [0.4, 0.5) is 0 Å². The zero-order valence-corrected chi connectivity index (χ0v) is 13.0. The van der Waals surface area contributed by atoms with Crippen LogP contribution in [0.15, 0.2) is 53.3 Å². The number of para-hydroxylation sites is 1. The summed E-state index contributed by atoms with van der Waals surface area (Å²) in [7, 11) is 0. The molecule has 0 N–H and O–H groups in total. The van der Waals surface area contributed by atoms with Crippen molar-refractivity contribution in [2.24, 2.45) is 0 Å². The van der Waals surface area contributed by atoms with Crippen molar-refractivity contribution in [2.45, 2.75) is 6.54 Å². The Balaban J connectivity index is 1.95. The Morgan fingerprint density at radius 2 is 1.91 bits per heavy atom. The second kappa shape index (κ2) is 5.56. The minimum absolute atomic E-state index is 0.0426. The normalized spacial score (nSPS) is 15.4. The summed E-state index contributed by atoms with van der Waals surface area (Å²) in [6, 6.07) is 14.8. The quantitative estimate of drug-likeness (QED) is 0.687. The van der Waals surface area contributed by atoms with Gasteiger partial charge in [-0.15, -0.1) is 0 Å². The van der Waals surface area contributed by atoms with E-state index in [4.69, 9.17) is 16.3 Å². The highest BCUT2D eigenvalue weighted by Gasteiger charge is 2.20. The van der Waals surface area contributed by atoms with Gasteiger partial charge in [-0.1, -0.05) is 41.9 Å². The Morgan fingerprint density at radius 1 is 1.13 bits per heavy atom. The Kier molecular flexibility index (Phi) is 3.39. The molecule has 1 aliphatic heterocycles. The van der Waals surface area contributed by atoms with Crippen molar-refractivity contribution in [2.75, 3.05) is 6.61 Å². The van der Waals surface area contributed by atoms with Crippen LogP contribution in [0.25, 0.3) is 22.7 Å². The average Bonchev–Trinajstić information content (AvgIpc) is 2.58. The van der Waals surface area contributed by atoms with Crippen LogP contribution in [0.1, 0.15) is 11.4 Å². The number of aromatic nitrogens is 2. The topological polar surface area (TPSA) is 44.1 Å². The molecule has 2 aromatic carbocycles. The zero-order valence-electron chi connectivity index (χ0n) is 12.2. The van der Waals surface area contributed by atoms with Gasteiger partial charge in [-0.05, 0) is 29.8 Å². The number of ether oxygens (including phenoxy) is 1. The Hall–Kier alpha value is -2.59. The summed E-state index contributed by atoms with van der Waals surface area (Å²) in [6.45, 7) is 0.926. The molecule has 0 saturated heterocycles. The van der Waals surface area contributed by atoms with Gasteiger partial charge >= 0.3 is 0 Å². The molecule has 114 valence electrons. The van der Waals surface area contributed by atoms with Crippen molar-refractivity contribution >= 4 is 34.3 Å². The fourth-order valence-electron chi connectivity index (χ4n) is 2.71. The molecule has 0 unspecified atom stereocenters. The zero-order chi connectivity index (χ0) is 15.8. The summed E-state index contributed by atoms with van der Waals surface area (Å²) >= 11 is 6.21. The first-order valence-electron chi connectivity index (χ1n) is 7.33. The van der Waals surface area contributed by atoms with Crippen LogP contribution in [-0.2, 0) is 11.3 Å². The third-order valence-corrected chi connectivity index (χ3v) is 4.19. The molecule has 0 amide bonds. The Morgan fingerprint density at radius 3 is 2.78 bits per heavy atom. The lowest BCUT2D eigenvalue weighted by Crippen LogP contribution is -2.30. The smallest absolute Gasteiger partial charge is 0.261 e. The van der Waals surface area contributed by atoms with Gasteiger partial charge in [0.1, 0.15) is 6.61 Å². The third kappa shape index (κ3) is 2.41. The number of hydrogen-bond donors (Lipinski definition) is 0. The molecule has 0 saturated carbocycles. The summed E-state index contributed by atoms with van der Waals surface area (Å²) in [5, 5.41) is 1.25. The Labute approximate surface area is 137 Å². The standard InChI is InChI=1S/C18H13ClN2O2/c19-14-7-3-1-5-12(14)11-16-17-20-15-8-4-2-6-13(15)18(22)21(17)9-10-23-16/h1-8,11H,9-10H2. The van der Waals surface area contributed by atoms with Gasteiger partial charge < -0.3 is 4.74 Å². The molecule has 1 aliphatic rings. The maximum absolute atomic E-state index is 12.7. The molecule has 0 atom stereocenters. The predicted octanol–water partition coefficient (Wildman–Crippen LogP) is 3.58. The lowest BCUT2D eigenvalue weighted by molar-refractivity contribution is 0.233. The highest BCUT2D eigenvalue weighted by Crippen LogP contribution is 2.25. The lowest BCUT2D eigenvalue weighted by Gasteiger charge is -2.21. The summed E-state index contributed by atoms with van der Waals surface area (Å²) < 4.78 is 7.41. The van der Waals surface area contributed by atoms with Crippen LogP contribution in [0, 0.1) is 0 Å². The van der Waals surface area contributed by atoms with E-state index in [2.05, 4.69) is 4.98 Å². The van der Waals surface area contributed by atoms with E-state index < -0.39 is 0 Å². The van der Waals surface area contributed by atoms with E-state index in [9.17, 15) is 4.79 Å². The van der Waals surface area contributed by atoms with Gasteiger partial charge in [-0.2, -0.15) is 0 Å². The number of rotatable bonds is 1. The van der Waals surface area contributed by atoms with Gasteiger partial charge in [-0.3, -0.25) is 9.36 Å². The largest absolute Gasteiger partial charge is 0.488 e. The van der Waals surface area contributed by atoms with E-state index >= 15 is 0 Å². The molecule has 0 fully saturated rings. The fraction of sp³-hybridized carbons (Fsp3) is 0.111. The van der Waals surface area contributed by atoms with Gasteiger partial charge in [0.15, 0.2) is 11.6 Å². The first-order valence-corrected chi connectivity index (χ1v) is 7.71. The molecule has 4 nitrogen and oxygen atoms in total. The van der Waals surface area contributed by atoms with E-state index in [1.165, 1.54) is 0 Å². The maximum Gasteiger partial charge on any atom is 0.261 e. The van der Waals surface area contributed by atoms with Gasteiger partial charge in [0, 0.05) is 5.02 Å². The molecular weight excluding hydrogens is 312 g/mol. The Bertz CT molecular complexity index is 992. The van der Waals surface area contributed by atoms with Crippen LogP contribution in [0.2, 0.25) is 5.02 Å². The van der Waals surface area contributed by atoms with Crippen LogP contribution >= 0.6 is 11.6 Å². The fourth-order valence-corrected chi connectivity index (χ4v) is 2.90. The summed E-state index contributed by atoms with van der Waals surface area (Å²) in [6.07, 6.45) is 1.83. The third-order valence-electron chi connectivity index (χ3n) is 3.85. The first-order chi connectivity index (χ1) is 11.2. The van der Waals surface area contributed by atoms with E-state index in [1.807, 2.05) is 48.5 Å². The molecule has 0 bridgehead atoms. The second-order valence-electron chi connectivity index (χ2n) is 5.29. The molecule has 5 heteroatoms. The van der Waals surface area contributed by atoms with E-state index in [0.29, 0.717) is 40.7 Å². The average molecular weight is 325 g/mol. The van der Waals surface area contributed by atoms with Crippen molar-refractivity contribution < 1.29 is 4.74 Å². The SMILES string of the molecule is O=c1c2ccccc2nc2n1CCOC2=Cc1ccccc1Cl. The number of halogens is 1. The van der Waals surface area contributed by atoms with Crippen LogP contribution < -0.4 is 5.56 Å². The first kappa shape index (κ1) is 14.0. The van der Waals surface area contributed by atoms with E-state index in [0.717, 1.165) is 5.56 Å². The second-order valence-corrected chi connectivity index (χ2v) is 5.70. The van der Waals surface area contributed by atoms with Gasteiger partial charge in [-0.25, -0.2) is 4.98 Å². The van der Waals surface area contributed by atoms with E-state index in [1.54, 1.807) is 10.6 Å². The van der Waals surface area contributed by atoms with Crippen LogP contribution in [-0.4, -0.2) is 16.2 Å². The van der Waals surface area contributed by atoms with Crippen molar-refractivity contribution in [1.29, 1.82) is 0 Å². The van der Waals surface area contributed by atoms with Crippen molar-refractivity contribution in [3.63, 3.8) is 0 Å². The molecule has 1 aromatic heterocycles. The molecule has 2 heterocycles. The number of benzene rings is 2. The van der Waals surface area contributed by atoms with Crippen molar-refractivity contribution in [3.8, 4) is 0 Å². The predicted molar refractivity (Wildman–Crippen MR) is 91.3 cm³/mol. The van der Waals surface area contributed by atoms with Crippen LogP contribution in [0.5, 0.6) is 0 Å². The molecular formula is C18H13ClN2O2. The highest BCUT2D eigenvalue weighted by molar-refractivity contribution is 6.32. The van der Waals surface area contributed by atoms with Gasteiger partial charge in [0.2, 0.25) is 0 Å². The number of hydrogen-bond acceptors (Lipinski definition) is 3.